The molecule has 0 amide bonds. The fourth-order valence-electron chi connectivity index (χ4n) is 1.13. The van der Waals surface area contributed by atoms with Crippen LogP contribution in [0.5, 0.6) is 0 Å². The van der Waals surface area contributed by atoms with Crippen LogP contribution in [0.1, 0.15) is 19.4 Å². The standard InChI is InChI=1S/C10H12F2O/c1-10(2,13)6-7-8(11)4-3-5-9(7)12/h3-5,13H,6H2,1-2H3. The monoisotopic (exact) mass is 186 g/mol. The van der Waals surface area contributed by atoms with E-state index < -0.39 is 17.2 Å². The Balaban J connectivity index is 3.00. The molecule has 0 aliphatic rings. The zero-order chi connectivity index (χ0) is 10.1. The highest BCUT2D eigenvalue weighted by Gasteiger charge is 2.18. The van der Waals surface area contributed by atoms with Gasteiger partial charge in [0.05, 0.1) is 5.60 Å². The third-order valence-electron chi connectivity index (χ3n) is 1.67. The minimum atomic E-state index is -1.09. The van der Waals surface area contributed by atoms with E-state index in [9.17, 15) is 13.9 Å². The first-order valence-electron chi connectivity index (χ1n) is 4.05. The lowest BCUT2D eigenvalue weighted by molar-refractivity contribution is 0.0789. The summed E-state index contributed by atoms with van der Waals surface area (Å²) in [7, 11) is 0. The Bertz CT molecular complexity index is 282. The first-order chi connectivity index (χ1) is 5.90. The molecule has 0 saturated heterocycles. The molecule has 0 atom stereocenters. The van der Waals surface area contributed by atoms with Crippen LogP contribution in [0.2, 0.25) is 0 Å². The number of benzene rings is 1. The molecular formula is C10H12F2O. The molecule has 1 nitrogen and oxygen atoms in total. The van der Waals surface area contributed by atoms with E-state index in [2.05, 4.69) is 0 Å². The summed E-state index contributed by atoms with van der Waals surface area (Å²) >= 11 is 0. The minimum Gasteiger partial charge on any atom is -0.390 e. The highest BCUT2D eigenvalue weighted by Crippen LogP contribution is 2.18. The summed E-state index contributed by atoms with van der Waals surface area (Å²) in [4.78, 5) is 0. The Hall–Kier alpha value is -0.960. The van der Waals surface area contributed by atoms with E-state index in [0.717, 1.165) is 0 Å². The maximum Gasteiger partial charge on any atom is 0.129 e. The molecule has 1 aromatic rings. The smallest absolute Gasteiger partial charge is 0.129 e. The van der Waals surface area contributed by atoms with E-state index >= 15 is 0 Å². The highest BCUT2D eigenvalue weighted by atomic mass is 19.1. The first kappa shape index (κ1) is 10.1. The Morgan fingerprint density at radius 3 is 2.08 bits per heavy atom. The summed E-state index contributed by atoms with van der Waals surface area (Å²) in [6.07, 6.45) is -0.0223. The maximum absolute atomic E-state index is 13.0. The highest BCUT2D eigenvalue weighted by molar-refractivity contribution is 5.21. The molecule has 0 saturated carbocycles. The van der Waals surface area contributed by atoms with Crippen molar-refractivity contribution in [1.82, 2.24) is 0 Å². The lowest BCUT2D eigenvalue weighted by Gasteiger charge is -2.17. The number of hydrogen-bond donors (Lipinski definition) is 1. The molecule has 0 aliphatic carbocycles. The Kier molecular flexibility index (Phi) is 2.66. The van der Waals surface area contributed by atoms with Crippen molar-refractivity contribution in [3.05, 3.63) is 35.4 Å². The van der Waals surface area contributed by atoms with Gasteiger partial charge >= 0.3 is 0 Å². The molecule has 13 heavy (non-hydrogen) atoms. The van der Waals surface area contributed by atoms with Crippen molar-refractivity contribution in [1.29, 1.82) is 0 Å². The molecule has 0 unspecified atom stereocenters. The molecule has 0 fully saturated rings. The van der Waals surface area contributed by atoms with Crippen LogP contribution in [-0.4, -0.2) is 10.7 Å². The van der Waals surface area contributed by atoms with E-state index in [0.29, 0.717) is 0 Å². The van der Waals surface area contributed by atoms with Gasteiger partial charge in [-0.15, -0.1) is 0 Å². The van der Waals surface area contributed by atoms with Crippen LogP contribution in [0.15, 0.2) is 18.2 Å². The van der Waals surface area contributed by atoms with E-state index in [1.807, 2.05) is 0 Å². The molecule has 1 rings (SSSR count). The molecule has 3 heteroatoms. The summed E-state index contributed by atoms with van der Waals surface area (Å²) in [5.74, 6) is -1.22. The van der Waals surface area contributed by atoms with Crippen molar-refractivity contribution < 1.29 is 13.9 Å². The lowest BCUT2D eigenvalue weighted by atomic mass is 9.98. The molecule has 0 radical (unpaired) electrons. The molecule has 0 heterocycles. The zero-order valence-corrected chi connectivity index (χ0v) is 7.64. The third kappa shape index (κ3) is 2.77. The molecule has 0 spiro atoms. The van der Waals surface area contributed by atoms with Crippen molar-refractivity contribution in [2.75, 3.05) is 0 Å². The number of rotatable bonds is 2. The summed E-state index contributed by atoms with van der Waals surface area (Å²) in [6, 6.07) is 3.67. The number of aliphatic hydroxyl groups is 1. The Morgan fingerprint density at radius 1 is 1.23 bits per heavy atom. The minimum absolute atomic E-state index is 0.0223. The van der Waals surface area contributed by atoms with Crippen molar-refractivity contribution in [2.24, 2.45) is 0 Å². The topological polar surface area (TPSA) is 20.2 Å². The van der Waals surface area contributed by atoms with Gasteiger partial charge in [0, 0.05) is 12.0 Å². The van der Waals surface area contributed by atoms with Gasteiger partial charge in [-0.2, -0.15) is 0 Å². The summed E-state index contributed by atoms with van der Waals surface area (Å²) < 4.78 is 26.1. The predicted molar refractivity (Wildman–Crippen MR) is 46.4 cm³/mol. The van der Waals surface area contributed by atoms with Gasteiger partial charge in [0.15, 0.2) is 0 Å². The lowest BCUT2D eigenvalue weighted by Crippen LogP contribution is -2.23. The molecule has 0 aliphatic heterocycles. The maximum atomic E-state index is 13.0. The van der Waals surface area contributed by atoms with Crippen LogP contribution in [0.25, 0.3) is 0 Å². The third-order valence-corrected chi connectivity index (χ3v) is 1.67. The van der Waals surface area contributed by atoms with E-state index in [4.69, 9.17) is 0 Å². The quantitative estimate of drug-likeness (QED) is 0.751. The molecule has 72 valence electrons. The van der Waals surface area contributed by atoms with Gasteiger partial charge < -0.3 is 5.11 Å². The van der Waals surface area contributed by atoms with Gasteiger partial charge in [-0.05, 0) is 26.0 Å². The van der Waals surface area contributed by atoms with Crippen LogP contribution in [0, 0.1) is 11.6 Å². The first-order valence-corrected chi connectivity index (χ1v) is 4.05. The van der Waals surface area contributed by atoms with Crippen LogP contribution >= 0.6 is 0 Å². The van der Waals surface area contributed by atoms with Gasteiger partial charge in [0.25, 0.3) is 0 Å². The number of hydrogen-bond acceptors (Lipinski definition) is 1. The molecular weight excluding hydrogens is 174 g/mol. The average molecular weight is 186 g/mol. The average Bonchev–Trinajstić information content (AvgIpc) is 1.95. The zero-order valence-electron chi connectivity index (χ0n) is 7.64. The SMILES string of the molecule is CC(C)(O)Cc1c(F)cccc1F. The largest absolute Gasteiger partial charge is 0.390 e. The second-order valence-corrected chi connectivity index (χ2v) is 3.69. The fourth-order valence-corrected chi connectivity index (χ4v) is 1.13. The fraction of sp³-hybridized carbons (Fsp3) is 0.400. The van der Waals surface area contributed by atoms with E-state index in [1.165, 1.54) is 32.0 Å². The van der Waals surface area contributed by atoms with Crippen molar-refractivity contribution in [3.63, 3.8) is 0 Å². The van der Waals surface area contributed by atoms with Gasteiger partial charge in [0.1, 0.15) is 11.6 Å². The van der Waals surface area contributed by atoms with Crippen LogP contribution < -0.4 is 0 Å². The second-order valence-electron chi connectivity index (χ2n) is 3.69. The second kappa shape index (κ2) is 3.42. The van der Waals surface area contributed by atoms with Gasteiger partial charge in [-0.25, -0.2) is 8.78 Å². The van der Waals surface area contributed by atoms with Crippen molar-refractivity contribution >= 4 is 0 Å². The van der Waals surface area contributed by atoms with Gasteiger partial charge in [-0.3, -0.25) is 0 Å². The van der Waals surface area contributed by atoms with Crippen molar-refractivity contribution in [3.8, 4) is 0 Å². The molecule has 0 bridgehead atoms. The van der Waals surface area contributed by atoms with E-state index in [-0.39, 0.29) is 12.0 Å². The number of halogens is 2. The van der Waals surface area contributed by atoms with Gasteiger partial charge in [0.2, 0.25) is 0 Å². The Labute approximate surface area is 76.0 Å². The van der Waals surface area contributed by atoms with Crippen LogP contribution in [-0.2, 0) is 6.42 Å². The normalized spacial score (nSPS) is 11.8. The Morgan fingerprint density at radius 2 is 1.69 bits per heavy atom. The molecule has 1 aromatic carbocycles. The summed E-state index contributed by atoms with van der Waals surface area (Å²) in [5, 5.41) is 9.39. The summed E-state index contributed by atoms with van der Waals surface area (Å²) in [5.41, 5.74) is -1.15. The van der Waals surface area contributed by atoms with Crippen LogP contribution in [0.4, 0.5) is 8.78 Å². The van der Waals surface area contributed by atoms with E-state index in [1.54, 1.807) is 0 Å². The summed E-state index contributed by atoms with van der Waals surface area (Å²) in [6.45, 7) is 3.03. The van der Waals surface area contributed by atoms with Crippen LogP contribution in [0.3, 0.4) is 0 Å². The molecule has 0 aromatic heterocycles. The van der Waals surface area contributed by atoms with Crippen molar-refractivity contribution in [2.45, 2.75) is 25.9 Å². The van der Waals surface area contributed by atoms with Gasteiger partial charge in [-0.1, -0.05) is 6.07 Å². The predicted octanol–water partition coefficient (Wildman–Crippen LogP) is 2.28. The molecule has 1 N–H and O–H groups in total.